The van der Waals surface area contributed by atoms with Crippen molar-refractivity contribution in [1.82, 2.24) is 10.3 Å². The van der Waals surface area contributed by atoms with Gasteiger partial charge in [-0.05, 0) is 20.3 Å². The van der Waals surface area contributed by atoms with Gasteiger partial charge < -0.3 is 5.32 Å². The molecule has 0 aliphatic carbocycles. The number of thiazole rings is 1. The third-order valence-electron chi connectivity index (χ3n) is 2.52. The van der Waals surface area contributed by atoms with Gasteiger partial charge in [0.15, 0.2) is 5.13 Å². The summed E-state index contributed by atoms with van der Waals surface area (Å²) in [6, 6.07) is 0. The van der Waals surface area contributed by atoms with Crippen LogP contribution >= 0.6 is 11.3 Å². The zero-order valence-corrected chi connectivity index (χ0v) is 11.8. The number of aromatic nitrogens is 1. The first-order valence-corrected chi connectivity index (χ1v) is 6.89. The van der Waals surface area contributed by atoms with Crippen molar-refractivity contribution in [2.24, 2.45) is 0 Å². The van der Waals surface area contributed by atoms with Crippen LogP contribution in [0.5, 0.6) is 0 Å². The van der Waals surface area contributed by atoms with Crippen LogP contribution in [-0.2, 0) is 9.59 Å². The Labute approximate surface area is 111 Å². The highest BCUT2D eigenvalue weighted by molar-refractivity contribution is 7.15. The van der Waals surface area contributed by atoms with Crippen LogP contribution in [0.3, 0.4) is 0 Å². The summed E-state index contributed by atoms with van der Waals surface area (Å²) in [4.78, 5) is 28.2. The van der Waals surface area contributed by atoms with Gasteiger partial charge in [-0.15, -0.1) is 11.3 Å². The van der Waals surface area contributed by atoms with Crippen LogP contribution in [0.2, 0.25) is 0 Å². The number of anilines is 1. The van der Waals surface area contributed by atoms with Crippen molar-refractivity contribution >= 4 is 28.3 Å². The first kappa shape index (κ1) is 14.6. The molecule has 0 saturated carbocycles. The van der Waals surface area contributed by atoms with E-state index in [9.17, 15) is 9.59 Å². The van der Waals surface area contributed by atoms with Gasteiger partial charge in [-0.25, -0.2) is 4.98 Å². The molecule has 0 bridgehead atoms. The summed E-state index contributed by atoms with van der Waals surface area (Å²) >= 11 is 1.37. The monoisotopic (exact) mass is 269 g/mol. The molecule has 2 amide bonds. The molecule has 1 heterocycles. The minimum atomic E-state index is -0.653. The molecular weight excluding hydrogens is 250 g/mol. The molecule has 0 aliphatic heterocycles. The Morgan fingerprint density at radius 2 is 1.94 bits per heavy atom. The Kier molecular flexibility index (Phi) is 5.77. The van der Waals surface area contributed by atoms with Crippen LogP contribution in [0.25, 0.3) is 0 Å². The molecule has 1 aromatic rings. The summed E-state index contributed by atoms with van der Waals surface area (Å²) in [5.74, 6) is -1.25. The molecule has 0 atom stereocenters. The van der Waals surface area contributed by atoms with E-state index in [2.05, 4.69) is 22.5 Å². The molecule has 0 aliphatic rings. The molecule has 100 valence electrons. The maximum Gasteiger partial charge on any atom is 0.315 e. The number of amides is 2. The van der Waals surface area contributed by atoms with Gasteiger partial charge in [-0.2, -0.15) is 0 Å². The van der Waals surface area contributed by atoms with E-state index >= 15 is 0 Å². The molecule has 0 saturated heterocycles. The Morgan fingerprint density at radius 1 is 1.22 bits per heavy atom. The van der Waals surface area contributed by atoms with Gasteiger partial charge in [0.25, 0.3) is 0 Å². The van der Waals surface area contributed by atoms with Crippen LogP contribution in [0, 0.1) is 13.8 Å². The molecule has 0 fully saturated rings. The Morgan fingerprint density at radius 3 is 2.50 bits per heavy atom. The molecule has 1 rings (SSSR count). The topological polar surface area (TPSA) is 71.1 Å². The molecule has 18 heavy (non-hydrogen) atoms. The Bertz CT molecular complexity index is 409. The Hall–Kier alpha value is -1.43. The summed E-state index contributed by atoms with van der Waals surface area (Å²) in [5, 5.41) is 5.56. The second-order valence-corrected chi connectivity index (χ2v) is 5.28. The van der Waals surface area contributed by atoms with E-state index in [-0.39, 0.29) is 0 Å². The number of carbonyl (C=O) groups is 2. The van der Waals surface area contributed by atoms with Crippen molar-refractivity contribution in [2.75, 3.05) is 11.9 Å². The maximum atomic E-state index is 11.5. The normalized spacial score (nSPS) is 10.2. The molecule has 6 heteroatoms. The number of nitrogens with one attached hydrogen (secondary N) is 2. The van der Waals surface area contributed by atoms with Gasteiger partial charge >= 0.3 is 11.8 Å². The number of aryl methyl sites for hydroxylation is 2. The molecule has 0 radical (unpaired) electrons. The third kappa shape index (κ3) is 4.44. The van der Waals surface area contributed by atoms with E-state index in [1.165, 1.54) is 11.3 Å². The molecular formula is C12H19N3O2S. The van der Waals surface area contributed by atoms with Crippen molar-refractivity contribution in [2.45, 2.75) is 40.0 Å². The van der Waals surface area contributed by atoms with Crippen molar-refractivity contribution in [3.63, 3.8) is 0 Å². The van der Waals surface area contributed by atoms with Gasteiger partial charge in [0, 0.05) is 11.4 Å². The summed E-state index contributed by atoms with van der Waals surface area (Å²) in [6.07, 6.45) is 3.03. The fraction of sp³-hybridized carbons (Fsp3) is 0.583. The first-order valence-electron chi connectivity index (χ1n) is 6.07. The fourth-order valence-corrected chi connectivity index (χ4v) is 2.15. The maximum absolute atomic E-state index is 11.5. The van der Waals surface area contributed by atoms with E-state index in [0.717, 1.165) is 29.8 Å². The van der Waals surface area contributed by atoms with E-state index in [1.54, 1.807) is 0 Å². The highest BCUT2D eigenvalue weighted by atomic mass is 32.1. The molecule has 5 nitrogen and oxygen atoms in total. The molecule has 2 N–H and O–H groups in total. The van der Waals surface area contributed by atoms with E-state index in [1.807, 2.05) is 13.8 Å². The number of hydrogen-bond acceptors (Lipinski definition) is 4. The number of rotatable bonds is 5. The van der Waals surface area contributed by atoms with Crippen LogP contribution < -0.4 is 10.6 Å². The lowest BCUT2D eigenvalue weighted by molar-refractivity contribution is -0.136. The molecule has 0 unspecified atom stereocenters. The lowest BCUT2D eigenvalue weighted by atomic mass is 10.2. The van der Waals surface area contributed by atoms with Crippen molar-refractivity contribution in [3.05, 3.63) is 10.6 Å². The van der Waals surface area contributed by atoms with Gasteiger partial charge in [0.05, 0.1) is 5.69 Å². The van der Waals surface area contributed by atoms with Crippen molar-refractivity contribution in [3.8, 4) is 0 Å². The number of nitrogens with zero attached hydrogens (tertiary/aromatic N) is 1. The largest absolute Gasteiger partial charge is 0.348 e. The lowest BCUT2D eigenvalue weighted by Gasteiger charge is -2.03. The van der Waals surface area contributed by atoms with Crippen LogP contribution in [0.4, 0.5) is 5.13 Å². The zero-order chi connectivity index (χ0) is 13.5. The first-order chi connectivity index (χ1) is 8.54. The minimum Gasteiger partial charge on any atom is -0.348 e. The predicted molar refractivity (Wildman–Crippen MR) is 72.8 cm³/mol. The smallest absolute Gasteiger partial charge is 0.315 e. The van der Waals surface area contributed by atoms with Crippen molar-refractivity contribution in [1.29, 1.82) is 0 Å². The summed E-state index contributed by atoms with van der Waals surface area (Å²) in [6.45, 7) is 6.41. The summed E-state index contributed by atoms with van der Waals surface area (Å²) in [7, 11) is 0. The summed E-state index contributed by atoms with van der Waals surface area (Å²) in [5.41, 5.74) is 0.874. The Balaban J connectivity index is 2.38. The highest BCUT2D eigenvalue weighted by Gasteiger charge is 2.15. The SMILES string of the molecule is CCCCCNC(=O)C(=O)Nc1nc(C)c(C)s1. The third-order valence-corrected chi connectivity index (χ3v) is 3.51. The molecule has 1 aromatic heterocycles. The van der Waals surface area contributed by atoms with E-state index < -0.39 is 11.8 Å². The van der Waals surface area contributed by atoms with Crippen LogP contribution in [0.15, 0.2) is 0 Å². The van der Waals surface area contributed by atoms with Gasteiger partial charge in [-0.3, -0.25) is 14.9 Å². The summed E-state index contributed by atoms with van der Waals surface area (Å²) < 4.78 is 0. The van der Waals surface area contributed by atoms with Crippen LogP contribution in [-0.4, -0.2) is 23.3 Å². The number of unbranched alkanes of at least 4 members (excludes halogenated alkanes) is 2. The quantitative estimate of drug-likeness (QED) is 0.634. The van der Waals surface area contributed by atoms with E-state index in [4.69, 9.17) is 0 Å². The van der Waals surface area contributed by atoms with Gasteiger partial charge in [0.1, 0.15) is 0 Å². The standard InChI is InChI=1S/C12H19N3O2S/c1-4-5-6-7-13-10(16)11(17)15-12-14-8(2)9(3)18-12/h4-7H2,1-3H3,(H,13,16)(H,14,15,17). The van der Waals surface area contributed by atoms with Gasteiger partial charge in [0.2, 0.25) is 0 Å². The average molecular weight is 269 g/mol. The fourth-order valence-electron chi connectivity index (χ4n) is 1.34. The van der Waals surface area contributed by atoms with Gasteiger partial charge in [-0.1, -0.05) is 19.8 Å². The lowest BCUT2D eigenvalue weighted by Crippen LogP contribution is -2.35. The number of carbonyl (C=O) groups excluding carboxylic acids is 2. The number of hydrogen-bond donors (Lipinski definition) is 2. The second kappa shape index (κ2) is 7.10. The van der Waals surface area contributed by atoms with Crippen molar-refractivity contribution < 1.29 is 9.59 Å². The molecule has 0 spiro atoms. The van der Waals surface area contributed by atoms with E-state index in [0.29, 0.717) is 11.7 Å². The highest BCUT2D eigenvalue weighted by Crippen LogP contribution is 2.20. The second-order valence-electron chi connectivity index (χ2n) is 4.08. The molecule has 0 aromatic carbocycles. The zero-order valence-electron chi connectivity index (χ0n) is 11.0. The minimum absolute atomic E-state index is 0.471. The average Bonchev–Trinajstić information content (AvgIpc) is 2.63. The van der Waals surface area contributed by atoms with Crippen LogP contribution in [0.1, 0.15) is 36.8 Å². The predicted octanol–water partition coefficient (Wildman–Crippen LogP) is 2.00.